The molecule has 1 fully saturated rings. The van der Waals surface area contributed by atoms with Gasteiger partial charge in [-0.3, -0.25) is 4.79 Å². The number of hydrogen-bond donors (Lipinski definition) is 0. The van der Waals surface area contributed by atoms with Crippen LogP contribution < -0.4 is 0 Å². The molecule has 1 unspecified atom stereocenters. The number of alkyl halides is 2. The molecular formula is C10H16Cl2O2. The molecule has 0 N–H and O–H groups in total. The average molecular weight is 239 g/mol. The predicted molar refractivity (Wildman–Crippen MR) is 57.6 cm³/mol. The Kier molecular flexibility index (Phi) is 4.52. The van der Waals surface area contributed by atoms with Crippen molar-refractivity contribution in [2.75, 3.05) is 6.61 Å². The van der Waals surface area contributed by atoms with E-state index in [0.717, 1.165) is 12.8 Å². The van der Waals surface area contributed by atoms with Crippen LogP contribution in [0.25, 0.3) is 0 Å². The van der Waals surface area contributed by atoms with E-state index in [1.807, 2.05) is 0 Å². The van der Waals surface area contributed by atoms with Crippen molar-refractivity contribution in [3.05, 3.63) is 0 Å². The third-order valence-corrected chi connectivity index (χ3v) is 3.19. The van der Waals surface area contributed by atoms with Crippen LogP contribution in [0.2, 0.25) is 0 Å². The summed E-state index contributed by atoms with van der Waals surface area (Å²) in [5.74, 6) is -0.538. The van der Waals surface area contributed by atoms with Crippen molar-refractivity contribution in [2.24, 2.45) is 5.92 Å². The Hall–Kier alpha value is 0.0500. The van der Waals surface area contributed by atoms with E-state index in [2.05, 4.69) is 6.92 Å². The van der Waals surface area contributed by atoms with Crippen molar-refractivity contribution in [3.63, 3.8) is 0 Å². The lowest BCUT2D eigenvalue weighted by Gasteiger charge is -2.03. The van der Waals surface area contributed by atoms with Gasteiger partial charge in [0.15, 0.2) is 0 Å². The molecule has 0 aromatic rings. The summed E-state index contributed by atoms with van der Waals surface area (Å²) in [6.45, 7) is 2.64. The van der Waals surface area contributed by atoms with E-state index < -0.39 is 4.33 Å². The Balaban J connectivity index is 2.00. The second kappa shape index (κ2) is 5.22. The third-order valence-electron chi connectivity index (χ3n) is 2.35. The van der Waals surface area contributed by atoms with Crippen LogP contribution >= 0.6 is 23.2 Å². The summed E-state index contributed by atoms with van der Waals surface area (Å²) in [7, 11) is 0. The quantitative estimate of drug-likeness (QED) is 0.404. The standard InChI is InChI=1S/C10H16Cl2O2/c1-2-3-4-5-6-14-9(13)8-7-10(8,11)12/h8H,2-7H2,1H3. The Labute approximate surface area is 94.9 Å². The normalized spacial score (nSPS) is 23.2. The molecule has 0 aromatic heterocycles. The van der Waals surface area contributed by atoms with Crippen molar-refractivity contribution in [3.8, 4) is 0 Å². The molecule has 0 bridgehead atoms. The van der Waals surface area contributed by atoms with Crippen molar-refractivity contribution < 1.29 is 9.53 Å². The summed E-state index contributed by atoms with van der Waals surface area (Å²) in [6, 6.07) is 0. The van der Waals surface area contributed by atoms with Crippen LogP contribution in [0.4, 0.5) is 0 Å². The first-order valence-electron chi connectivity index (χ1n) is 5.12. The number of unbranched alkanes of at least 4 members (excludes halogenated alkanes) is 3. The number of esters is 1. The molecule has 0 spiro atoms. The third kappa shape index (κ3) is 3.66. The summed E-state index contributed by atoms with van der Waals surface area (Å²) in [5, 5.41) is 0. The zero-order valence-corrected chi connectivity index (χ0v) is 9.90. The van der Waals surface area contributed by atoms with Gasteiger partial charge in [-0.15, -0.1) is 23.2 Å². The molecule has 0 radical (unpaired) electrons. The van der Waals surface area contributed by atoms with Crippen LogP contribution in [0.15, 0.2) is 0 Å². The molecule has 0 aromatic carbocycles. The highest BCUT2D eigenvalue weighted by Gasteiger charge is 2.57. The molecule has 1 rings (SSSR count). The van der Waals surface area contributed by atoms with Gasteiger partial charge in [0, 0.05) is 0 Å². The number of ether oxygens (including phenoxy) is 1. The number of hydrogen-bond acceptors (Lipinski definition) is 2. The smallest absolute Gasteiger partial charge is 0.312 e. The minimum atomic E-state index is -0.847. The first kappa shape index (κ1) is 12.1. The summed E-state index contributed by atoms with van der Waals surface area (Å²) in [6.07, 6.45) is 4.95. The molecule has 0 amide bonds. The largest absolute Gasteiger partial charge is 0.465 e. The zero-order valence-electron chi connectivity index (χ0n) is 8.39. The fourth-order valence-corrected chi connectivity index (χ4v) is 1.76. The fourth-order valence-electron chi connectivity index (χ4n) is 1.27. The highest BCUT2D eigenvalue weighted by Crippen LogP contribution is 2.53. The van der Waals surface area contributed by atoms with E-state index >= 15 is 0 Å². The predicted octanol–water partition coefficient (Wildman–Crippen LogP) is 3.30. The highest BCUT2D eigenvalue weighted by molar-refractivity contribution is 6.52. The van der Waals surface area contributed by atoms with Gasteiger partial charge in [-0.2, -0.15) is 0 Å². The van der Waals surface area contributed by atoms with Gasteiger partial charge in [-0.1, -0.05) is 26.2 Å². The number of rotatable bonds is 6. The second-order valence-corrected chi connectivity index (χ2v) is 5.29. The Morgan fingerprint density at radius 3 is 2.57 bits per heavy atom. The Morgan fingerprint density at radius 1 is 1.43 bits per heavy atom. The molecule has 1 aliphatic carbocycles. The summed E-state index contributed by atoms with van der Waals surface area (Å²) in [4.78, 5) is 11.3. The second-order valence-electron chi connectivity index (χ2n) is 3.75. The molecule has 14 heavy (non-hydrogen) atoms. The lowest BCUT2D eigenvalue weighted by molar-refractivity contribution is -0.145. The molecule has 0 aliphatic heterocycles. The van der Waals surface area contributed by atoms with Gasteiger partial charge in [0.1, 0.15) is 4.33 Å². The lowest BCUT2D eigenvalue weighted by Crippen LogP contribution is -2.11. The topological polar surface area (TPSA) is 26.3 Å². The van der Waals surface area contributed by atoms with E-state index in [9.17, 15) is 4.79 Å². The number of carbonyl (C=O) groups is 1. The molecule has 1 saturated carbocycles. The molecule has 2 nitrogen and oxygen atoms in total. The molecule has 0 saturated heterocycles. The van der Waals surface area contributed by atoms with E-state index in [1.54, 1.807) is 0 Å². The first-order valence-corrected chi connectivity index (χ1v) is 5.88. The molecule has 82 valence electrons. The molecule has 4 heteroatoms. The maximum Gasteiger partial charge on any atom is 0.312 e. The van der Waals surface area contributed by atoms with Crippen LogP contribution in [-0.2, 0) is 9.53 Å². The van der Waals surface area contributed by atoms with Gasteiger partial charge in [-0.25, -0.2) is 0 Å². The van der Waals surface area contributed by atoms with E-state index in [0.29, 0.717) is 13.0 Å². The van der Waals surface area contributed by atoms with Crippen molar-refractivity contribution in [1.82, 2.24) is 0 Å². The molecular weight excluding hydrogens is 223 g/mol. The highest BCUT2D eigenvalue weighted by atomic mass is 35.5. The van der Waals surface area contributed by atoms with E-state index in [4.69, 9.17) is 27.9 Å². The number of halogens is 2. The minimum Gasteiger partial charge on any atom is -0.465 e. The minimum absolute atomic E-state index is 0.244. The van der Waals surface area contributed by atoms with Gasteiger partial charge < -0.3 is 4.74 Å². The number of carbonyl (C=O) groups excluding carboxylic acids is 1. The van der Waals surface area contributed by atoms with Crippen LogP contribution in [0.3, 0.4) is 0 Å². The van der Waals surface area contributed by atoms with Gasteiger partial charge in [-0.05, 0) is 12.8 Å². The van der Waals surface area contributed by atoms with Gasteiger partial charge >= 0.3 is 5.97 Å². The summed E-state index contributed by atoms with van der Waals surface area (Å²) in [5.41, 5.74) is 0. The molecule has 0 heterocycles. The van der Waals surface area contributed by atoms with E-state index in [-0.39, 0.29) is 11.9 Å². The van der Waals surface area contributed by atoms with Gasteiger partial charge in [0.2, 0.25) is 0 Å². The van der Waals surface area contributed by atoms with Gasteiger partial charge in [0.25, 0.3) is 0 Å². The first-order chi connectivity index (χ1) is 6.58. The molecule has 1 aliphatic rings. The lowest BCUT2D eigenvalue weighted by atomic mass is 10.2. The monoisotopic (exact) mass is 238 g/mol. The van der Waals surface area contributed by atoms with Crippen molar-refractivity contribution >= 4 is 29.2 Å². The van der Waals surface area contributed by atoms with Crippen LogP contribution in [-0.4, -0.2) is 16.9 Å². The maximum absolute atomic E-state index is 11.3. The van der Waals surface area contributed by atoms with Crippen LogP contribution in [0, 0.1) is 5.92 Å². The summed E-state index contributed by atoms with van der Waals surface area (Å²) >= 11 is 11.5. The van der Waals surface area contributed by atoms with E-state index in [1.165, 1.54) is 12.8 Å². The maximum atomic E-state index is 11.3. The summed E-state index contributed by atoms with van der Waals surface area (Å²) < 4.78 is 4.19. The molecule has 1 atom stereocenters. The van der Waals surface area contributed by atoms with Crippen molar-refractivity contribution in [1.29, 1.82) is 0 Å². The zero-order chi connectivity index (χ0) is 10.6. The van der Waals surface area contributed by atoms with Crippen LogP contribution in [0.1, 0.15) is 39.0 Å². The Bertz CT molecular complexity index is 204. The fraction of sp³-hybridized carbons (Fsp3) is 0.900. The Morgan fingerprint density at radius 2 is 2.07 bits per heavy atom. The van der Waals surface area contributed by atoms with Crippen molar-refractivity contribution in [2.45, 2.75) is 43.4 Å². The van der Waals surface area contributed by atoms with Crippen LogP contribution in [0.5, 0.6) is 0 Å². The average Bonchev–Trinajstić information content (AvgIpc) is 2.75. The van der Waals surface area contributed by atoms with Gasteiger partial charge in [0.05, 0.1) is 12.5 Å². The SMILES string of the molecule is CCCCCCOC(=O)C1CC1(Cl)Cl.